The first-order valence-corrected chi connectivity index (χ1v) is 9.74. The predicted molar refractivity (Wildman–Crippen MR) is 102 cm³/mol. The Morgan fingerprint density at radius 2 is 2.17 bits per heavy atom. The predicted octanol–water partition coefficient (Wildman–Crippen LogP) is 0.499. The lowest BCUT2D eigenvalue weighted by atomic mass is 9.79. The molecule has 0 bridgehead atoms. The van der Waals surface area contributed by atoms with Gasteiger partial charge in [-0.05, 0) is 18.9 Å². The quantitative estimate of drug-likeness (QED) is 0.553. The zero-order chi connectivity index (χ0) is 20.3. The number of ketones is 1. The highest BCUT2D eigenvalue weighted by molar-refractivity contribution is 6.13. The molecule has 3 aliphatic heterocycles. The molecule has 5 rings (SSSR count). The minimum absolute atomic E-state index is 0.0572. The Morgan fingerprint density at radius 1 is 1.41 bits per heavy atom. The smallest absolute Gasteiger partial charge is 0.316 e. The molecule has 3 fully saturated rings. The van der Waals surface area contributed by atoms with Gasteiger partial charge in [-0.15, -0.1) is 0 Å². The molecule has 154 valence electrons. The molecule has 29 heavy (non-hydrogen) atoms. The van der Waals surface area contributed by atoms with Crippen molar-refractivity contribution in [2.45, 2.75) is 18.9 Å². The van der Waals surface area contributed by atoms with Crippen molar-refractivity contribution in [3.8, 4) is 0 Å². The highest BCUT2D eigenvalue weighted by Crippen LogP contribution is 2.41. The number of hydrogen-bond acceptors (Lipinski definition) is 8. The van der Waals surface area contributed by atoms with E-state index < -0.39 is 23.5 Å². The first kappa shape index (κ1) is 18.3. The van der Waals surface area contributed by atoms with Crippen molar-refractivity contribution in [2.24, 2.45) is 16.5 Å². The van der Waals surface area contributed by atoms with Gasteiger partial charge in [-0.25, -0.2) is 9.37 Å². The van der Waals surface area contributed by atoms with Gasteiger partial charge in [-0.3, -0.25) is 9.59 Å². The third kappa shape index (κ3) is 2.77. The molecular weight excluding hydrogens is 381 g/mol. The number of hydrogen-bond donors (Lipinski definition) is 2. The minimum Gasteiger partial charge on any atom is -0.481 e. The van der Waals surface area contributed by atoms with Crippen molar-refractivity contribution in [1.82, 2.24) is 10.3 Å². The monoisotopic (exact) mass is 403 g/mol. The second kappa shape index (κ2) is 6.38. The zero-order valence-corrected chi connectivity index (χ0v) is 16.0. The summed E-state index contributed by atoms with van der Waals surface area (Å²) < 4.78 is 15.1. The van der Waals surface area contributed by atoms with Crippen molar-refractivity contribution < 1.29 is 23.9 Å². The van der Waals surface area contributed by atoms with Gasteiger partial charge in [0.25, 0.3) is 0 Å². The molecule has 1 atom stereocenters. The van der Waals surface area contributed by atoms with Crippen LogP contribution in [0.4, 0.5) is 16.0 Å². The molecular formula is C19H22FN5O4. The first-order chi connectivity index (χ1) is 13.9. The molecule has 2 saturated heterocycles. The second-order valence-electron chi connectivity index (χ2n) is 8.26. The van der Waals surface area contributed by atoms with Crippen LogP contribution < -0.4 is 15.1 Å². The Kier molecular flexibility index (Phi) is 4.02. The number of halogens is 1. The standard InChI is InChI=1S/C19H22FN5O4/c1-29-23-14-6-24(9-19(14)7-21-8-19)17-13(20)4-11-15(26)12(18(27)28)5-25(10-2-3-10)16(11)22-17/h4,10,12,21H,2-3,5-9H2,1H3,(H,27,28)/b23-14+. The van der Waals surface area contributed by atoms with Gasteiger partial charge >= 0.3 is 5.97 Å². The first-order valence-electron chi connectivity index (χ1n) is 9.74. The van der Waals surface area contributed by atoms with E-state index in [-0.39, 0.29) is 29.4 Å². The van der Waals surface area contributed by atoms with Crippen LogP contribution in [0.3, 0.4) is 0 Å². The maximum absolute atomic E-state index is 15.1. The highest BCUT2D eigenvalue weighted by atomic mass is 19.1. The molecule has 1 unspecified atom stereocenters. The summed E-state index contributed by atoms with van der Waals surface area (Å²) in [5.74, 6) is -3.01. The van der Waals surface area contributed by atoms with Gasteiger partial charge in [0.15, 0.2) is 17.4 Å². The van der Waals surface area contributed by atoms with Gasteiger partial charge in [-0.2, -0.15) is 0 Å². The molecule has 1 saturated carbocycles. The Balaban J connectivity index is 1.54. The minimum atomic E-state index is -1.19. The molecule has 10 heteroatoms. The molecule has 0 aromatic carbocycles. The number of oxime groups is 1. The molecule has 1 aromatic heterocycles. The molecule has 1 spiro atoms. The van der Waals surface area contributed by atoms with E-state index >= 15 is 4.39 Å². The number of nitrogens with one attached hydrogen (secondary N) is 1. The fourth-order valence-electron chi connectivity index (χ4n) is 4.53. The van der Waals surface area contributed by atoms with Crippen molar-refractivity contribution in [2.75, 3.05) is 49.6 Å². The van der Waals surface area contributed by atoms with Crippen LogP contribution in [0.25, 0.3) is 0 Å². The van der Waals surface area contributed by atoms with E-state index in [1.807, 2.05) is 9.80 Å². The topological polar surface area (TPSA) is 107 Å². The third-order valence-corrected chi connectivity index (χ3v) is 6.33. The normalized spacial score (nSPS) is 26.6. The van der Waals surface area contributed by atoms with Gasteiger partial charge in [-0.1, -0.05) is 5.16 Å². The van der Waals surface area contributed by atoms with Crippen molar-refractivity contribution >= 4 is 29.1 Å². The van der Waals surface area contributed by atoms with Gasteiger partial charge < -0.3 is 25.1 Å². The molecule has 1 aromatic rings. The van der Waals surface area contributed by atoms with Crippen LogP contribution in [0.1, 0.15) is 23.2 Å². The summed E-state index contributed by atoms with van der Waals surface area (Å²) in [7, 11) is 1.49. The summed E-state index contributed by atoms with van der Waals surface area (Å²) in [6.45, 7) is 2.51. The van der Waals surface area contributed by atoms with Crippen LogP contribution in [0.5, 0.6) is 0 Å². The number of carbonyl (C=O) groups excluding carboxylic acids is 1. The van der Waals surface area contributed by atoms with Crippen LogP contribution >= 0.6 is 0 Å². The maximum Gasteiger partial charge on any atom is 0.316 e. The lowest BCUT2D eigenvalue weighted by Gasteiger charge is -2.39. The van der Waals surface area contributed by atoms with Crippen LogP contribution in [0, 0.1) is 17.2 Å². The van der Waals surface area contributed by atoms with E-state index in [9.17, 15) is 14.7 Å². The molecule has 4 aliphatic rings. The van der Waals surface area contributed by atoms with Crippen LogP contribution in [-0.4, -0.2) is 73.4 Å². The summed E-state index contributed by atoms with van der Waals surface area (Å²) in [6.07, 6.45) is 1.83. The number of nitrogens with zero attached hydrogens (tertiary/aromatic N) is 4. The number of fused-ring (bicyclic) bond motifs is 1. The van der Waals surface area contributed by atoms with Crippen LogP contribution in [0.15, 0.2) is 11.2 Å². The van der Waals surface area contributed by atoms with E-state index in [0.717, 1.165) is 37.7 Å². The number of Topliss-reactive ketones (excluding diaryl/α,β-unsaturated/α-hetero) is 1. The molecule has 2 N–H and O–H groups in total. The SMILES string of the molecule is CO/N=C1\CN(c2nc3c(cc2F)C(=O)C(C(=O)O)CN3C2CC2)CC12CNC2. The molecule has 0 radical (unpaired) electrons. The number of aromatic nitrogens is 1. The largest absolute Gasteiger partial charge is 0.481 e. The Hall–Kier alpha value is -2.75. The Bertz CT molecular complexity index is 927. The Morgan fingerprint density at radius 3 is 2.76 bits per heavy atom. The average molecular weight is 403 g/mol. The fourth-order valence-corrected chi connectivity index (χ4v) is 4.53. The van der Waals surface area contributed by atoms with Gasteiger partial charge in [0.1, 0.15) is 18.8 Å². The molecule has 4 heterocycles. The van der Waals surface area contributed by atoms with Crippen LogP contribution in [-0.2, 0) is 9.63 Å². The maximum atomic E-state index is 15.1. The zero-order valence-electron chi connectivity index (χ0n) is 16.0. The summed E-state index contributed by atoms with van der Waals surface area (Å²) in [5, 5.41) is 16.8. The Labute approximate surface area is 166 Å². The number of carbonyl (C=O) groups is 2. The van der Waals surface area contributed by atoms with E-state index in [1.165, 1.54) is 7.11 Å². The summed E-state index contributed by atoms with van der Waals surface area (Å²) in [4.78, 5) is 37.4. The number of aliphatic carboxylic acids is 1. The lowest BCUT2D eigenvalue weighted by Crippen LogP contribution is -2.58. The van der Waals surface area contributed by atoms with Gasteiger partial charge in [0.2, 0.25) is 0 Å². The molecule has 0 amide bonds. The van der Waals surface area contributed by atoms with E-state index in [4.69, 9.17) is 4.84 Å². The number of carboxylic acids is 1. The van der Waals surface area contributed by atoms with Crippen molar-refractivity contribution in [3.05, 3.63) is 17.4 Å². The number of rotatable bonds is 4. The van der Waals surface area contributed by atoms with E-state index in [0.29, 0.717) is 18.9 Å². The summed E-state index contributed by atoms with van der Waals surface area (Å²) in [6, 6.07) is 1.31. The average Bonchev–Trinajstić information content (AvgIpc) is 3.42. The number of pyridine rings is 1. The number of carboxylic acid groups (broad SMARTS) is 1. The molecule has 1 aliphatic carbocycles. The lowest BCUT2D eigenvalue weighted by molar-refractivity contribution is -0.139. The summed E-state index contributed by atoms with van der Waals surface area (Å²) >= 11 is 0. The van der Waals surface area contributed by atoms with Gasteiger partial charge in [0.05, 0.1) is 23.2 Å². The highest BCUT2D eigenvalue weighted by Gasteiger charge is 2.50. The van der Waals surface area contributed by atoms with Crippen LogP contribution in [0.2, 0.25) is 0 Å². The third-order valence-electron chi connectivity index (χ3n) is 6.33. The van der Waals surface area contributed by atoms with Crippen molar-refractivity contribution in [3.63, 3.8) is 0 Å². The second-order valence-corrected chi connectivity index (χ2v) is 8.26. The summed E-state index contributed by atoms with van der Waals surface area (Å²) in [5.41, 5.74) is 0.709. The van der Waals surface area contributed by atoms with Gasteiger partial charge in [0, 0.05) is 32.2 Å². The number of anilines is 2. The fraction of sp³-hybridized carbons (Fsp3) is 0.579. The van der Waals surface area contributed by atoms with Crippen molar-refractivity contribution in [1.29, 1.82) is 0 Å². The van der Waals surface area contributed by atoms with E-state index in [2.05, 4.69) is 15.5 Å². The van der Waals surface area contributed by atoms with E-state index in [1.54, 1.807) is 0 Å². The molecule has 9 nitrogen and oxygen atoms in total.